The highest BCUT2D eigenvalue weighted by molar-refractivity contribution is 7.91. The van der Waals surface area contributed by atoms with Crippen molar-refractivity contribution in [3.8, 4) is 0 Å². The van der Waals surface area contributed by atoms with Crippen LogP contribution in [0.25, 0.3) is 0 Å². The smallest absolute Gasteiger partial charge is 0.238 e. The lowest BCUT2D eigenvalue weighted by Gasteiger charge is -2.07. The number of sulfonamides is 1. The lowest BCUT2D eigenvalue weighted by atomic mass is 10.3. The molecular formula is C11H12ClN3O3S. The Kier molecular flexibility index (Phi) is 3.77. The molecule has 8 heteroatoms. The van der Waals surface area contributed by atoms with E-state index in [4.69, 9.17) is 16.1 Å². The molecule has 0 aliphatic rings. The minimum atomic E-state index is -3.56. The first-order chi connectivity index (χ1) is 8.85. The molecule has 0 amide bonds. The average Bonchev–Trinajstić information content (AvgIpc) is 2.68. The highest BCUT2D eigenvalue weighted by Crippen LogP contribution is 2.18. The molecule has 102 valence electrons. The van der Waals surface area contributed by atoms with Gasteiger partial charge in [-0.25, -0.2) is 13.4 Å². The van der Waals surface area contributed by atoms with E-state index in [9.17, 15) is 8.42 Å². The van der Waals surface area contributed by atoms with Crippen LogP contribution in [0.2, 0.25) is 5.15 Å². The molecule has 0 fully saturated rings. The number of nitrogens with one attached hydrogen (secondary N) is 1. The second-order valence-corrected chi connectivity index (χ2v) is 6.20. The van der Waals surface area contributed by atoms with Crippen LogP contribution in [0, 0.1) is 13.8 Å². The quantitative estimate of drug-likeness (QED) is 0.876. The number of hydrogen-bond acceptors (Lipinski definition) is 5. The van der Waals surface area contributed by atoms with E-state index in [0.717, 1.165) is 0 Å². The van der Waals surface area contributed by atoms with Crippen LogP contribution in [-0.4, -0.2) is 18.6 Å². The van der Waals surface area contributed by atoms with Gasteiger partial charge in [0, 0.05) is 6.07 Å². The van der Waals surface area contributed by atoms with Gasteiger partial charge in [0.1, 0.15) is 22.4 Å². The summed E-state index contributed by atoms with van der Waals surface area (Å²) in [6, 6.07) is 3.19. The topological polar surface area (TPSA) is 85.1 Å². The summed E-state index contributed by atoms with van der Waals surface area (Å²) in [5.41, 5.74) is 1.41. The van der Waals surface area contributed by atoms with E-state index < -0.39 is 10.0 Å². The third kappa shape index (κ3) is 3.68. The molecule has 2 heterocycles. The summed E-state index contributed by atoms with van der Waals surface area (Å²) in [7, 11) is -3.56. The van der Waals surface area contributed by atoms with Crippen LogP contribution in [0.1, 0.15) is 17.0 Å². The molecule has 0 bridgehead atoms. The van der Waals surface area contributed by atoms with Gasteiger partial charge in [-0.3, -0.25) is 4.72 Å². The summed E-state index contributed by atoms with van der Waals surface area (Å²) in [6.45, 7) is 3.44. The second kappa shape index (κ2) is 5.18. The van der Waals surface area contributed by atoms with Crippen molar-refractivity contribution in [2.75, 3.05) is 4.72 Å². The molecule has 0 unspecified atom stereocenters. The van der Waals surface area contributed by atoms with Crippen LogP contribution >= 0.6 is 11.6 Å². The molecule has 0 saturated carbocycles. The van der Waals surface area contributed by atoms with Gasteiger partial charge < -0.3 is 4.52 Å². The number of anilines is 1. The number of rotatable bonds is 4. The van der Waals surface area contributed by atoms with E-state index >= 15 is 0 Å². The lowest BCUT2D eigenvalue weighted by Crippen LogP contribution is -2.15. The molecule has 0 radical (unpaired) electrons. The average molecular weight is 302 g/mol. The fraction of sp³-hybridized carbons (Fsp3) is 0.273. The van der Waals surface area contributed by atoms with E-state index in [1.54, 1.807) is 26.0 Å². The van der Waals surface area contributed by atoms with Crippen molar-refractivity contribution in [1.82, 2.24) is 10.1 Å². The van der Waals surface area contributed by atoms with Crippen molar-refractivity contribution in [2.24, 2.45) is 0 Å². The van der Waals surface area contributed by atoms with Gasteiger partial charge in [0.2, 0.25) is 10.0 Å². The van der Waals surface area contributed by atoms with Crippen molar-refractivity contribution in [2.45, 2.75) is 19.6 Å². The van der Waals surface area contributed by atoms with Crippen LogP contribution < -0.4 is 4.72 Å². The molecule has 0 saturated heterocycles. The van der Waals surface area contributed by atoms with Crippen molar-refractivity contribution in [3.63, 3.8) is 0 Å². The zero-order valence-corrected chi connectivity index (χ0v) is 11.9. The molecule has 1 N–H and O–H groups in total. The van der Waals surface area contributed by atoms with Gasteiger partial charge >= 0.3 is 0 Å². The summed E-state index contributed by atoms with van der Waals surface area (Å²) in [6.07, 6.45) is 1.36. The van der Waals surface area contributed by atoms with Gasteiger partial charge in [-0.05, 0) is 25.5 Å². The number of hydrogen-bond donors (Lipinski definition) is 1. The molecule has 2 rings (SSSR count). The van der Waals surface area contributed by atoms with Gasteiger partial charge in [0.15, 0.2) is 0 Å². The number of aromatic nitrogens is 2. The summed E-state index contributed by atoms with van der Waals surface area (Å²) in [5.74, 6) is 0.306. The number of nitrogens with zero attached hydrogens (tertiary/aromatic N) is 2. The van der Waals surface area contributed by atoms with Crippen LogP contribution in [0.4, 0.5) is 5.69 Å². The lowest BCUT2D eigenvalue weighted by molar-refractivity contribution is 0.392. The van der Waals surface area contributed by atoms with E-state index in [1.165, 1.54) is 6.20 Å². The first kappa shape index (κ1) is 13.8. The van der Waals surface area contributed by atoms with Gasteiger partial charge in [-0.2, -0.15) is 0 Å². The van der Waals surface area contributed by atoms with Crippen LogP contribution in [0.15, 0.2) is 22.9 Å². The highest BCUT2D eigenvalue weighted by atomic mass is 35.5. The van der Waals surface area contributed by atoms with Crippen LogP contribution in [0.3, 0.4) is 0 Å². The van der Waals surface area contributed by atoms with Crippen LogP contribution in [0.5, 0.6) is 0 Å². The number of aryl methyl sites for hydroxylation is 2. The van der Waals surface area contributed by atoms with E-state index in [-0.39, 0.29) is 5.75 Å². The molecular weight excluding hydrogens is 290 g/mol. The van der Waals surface area contributed by atoms with E-state index in [0.29, 0.717) is 27.9 Å². The largest absolute Gasteiger partial charge is 0.361 e. The van der Waals surface area contributed by atoms with Crippen molar-refractivity contribution in [3.05, 3.63) is 40.5 Å². The second-order valence-electron chi connectivity index (χ2n) is 4.12. The Balaban J connectivity index is 2.14. The minimum Gasteiger partial charge on any atom is -0.361 e. The third-order valence-corrected chi connectivity index (χ3v) is 3.92. The SMILES string of the molecule is Cc1cc(CS(=O)(=O)Nc2cnc(Cl)c(C)c2)no1. The molecule has 6 nitrogen and oxygen atoms in total. The zero-order chi connectivity index (χ0) is 14.0. The standard InChI is InChI=1S/C11H12ClN3O3S/c1-7-3-9(5-13-11(7)12)15-19(16,17)6-10-4-8(2)18-14-10/h3-5,15H,6H2,1-2H3. The monoisotopic (exact) mass is 301 g/mol. The van der Waals surface area contributed by atoms with Crippen molar-refractivity contribution >= 4 is 27.3 Å². The molecule has 0 aromatic carbocycles. The molecule has 2 aromatic rings. The maximum absolute atomic E-state index is 11.9. The molecule has 0 atom stereocenters. The predicted molar refractivity (Wildman–Crippen MR) is 71.5 cm³/mol. The molecule has 0 spiro atoms. The summed E-state index contributed by atoms with van der Waals surface area (Å²) >= 11 is 5.77. The van der Waals surface area contributed by atoms with E-state index in [1.807, 2.05) is 0 Å². The normalized spacial score (nSPS) is 11.5. The zero-order valence-electron chi connectivity index (χ0n) is 10.3. The Morgan fingerprint density at radius 1 is 1.37 bits per heavy atom. The van der Waals surface area contributed by atoms with E-state index in [2.05, 4.69) is 14.9 Å². The Bertz CT molecular complexity index is 697. The summed E-state index contributed by atoms with van der Waals surface area (Å²) in [4.78, 5) is 3.88. The van der Waals surface area contributed by atoms with Gasteiger partial charge in [-0.1, -0.05) is 16.8 Å². The Labute approximate surface area is 115 Å². The first-order valence-electron chi connectivity index (χ1n) is 5.40. The van der Waals surface area contributed by atoms with Gasteiger partial charge in [0.05, 0.1) is 11.9 Å². The van der Waals surface area contributed by atoms with Gasteiger partial charge in [-0.15, -0.1) is 0 Å². The molecule has 0 aliphatic carbocycles. The summed E-state index contributed by atoms with van der Waals surface area (Å²) in [5, 5.41) is 3.99. The fourth-order valence-corrected chi connectivity index (χ4v) is 2.68. The Morgan fingerprint density at radius 2 is 2.11 bits per heavy atom. The van der Waals surface area contributed by atoms with Crippen molar-refractivity contribution < 1.29 is 12.9 Å². The third-order valence-electron chi connectivity index (χ3n) is 2.30. The fourth-order valence-electron chi connectivity index (χ4n) is 1.51. The number of halogens is 1. The molecule has 0 aliphatic heterocycles. The molecule has 19 heavy (non-hydrogen) atoms. The van der Waals surface area contributed by atoms with Crippen LogP contribution in [-0.2, 0) is 15.8 Å². The maximum atomic E-state index is 11.9. The van der Waals surface area contributed by atoms with Crippen molar-refractivity contribution in [1.29, 1.82) is 0 Å². The number of pyridine rings is 1. The predicted octanol–water partition coefficient (Wildman–Crippen LogP) is 2.28. The summed E-state index contributed by atoms with van der Waals surface area (Å²) < 4.78 is 31.1. The minimum absolute atomic E-state index is 0.258. The Morgan fingerprint density at radius 3 is 2.68 bits per heavy atom. The highest BCUT2D eigenvalue weighted by Gasteiger charge is 2.15. The first-order valence-corrected chi connectivity index (χ1v) is 7.43. The Hall–Kier alpha value is -1.60. The van der Waals surface area contributed by atoms with Gasteiger partial charge in [0.25, 0.3) is 0 Å². The molecule has 2 aromatic heterocycles. The maximum Gasteiger partial charge on any atom is 0.238 e.